The van der Waals surface area contributed by atoms with Gasteiger partial charge < -0.3 is 19.2 Å². The summed E-state index contributed by atoms with van der Waals surface area (Å²) < 4.78 is 11.9. The van der Waals surface area contributed by atoms with E-state index in [1.165, 1.54) is 30.5 Å². The SMILES string of the molecule is CN(C(=O)/C=C/c1ccoc1)[C@@H]1CC[C@@]2(C)[C@H]3Cc4ccc(O)c5c4[C@@]2(CCN3CC2CC2)[C@H]1O5. The summed E-state index contributed by atoms with van der Waals surface area (Å²) in [6.07, 6.45) is 13.3. The molecule has 0 unspecified atom stereocenters. The van der Waals surface area contributed by atoms with Gasteiger partial charge in [-0.2, -0.15) is 0 Å². The minimum absolute atomic E-state index is 0.0290. The highest BCUT2D eigenvalue weighted by Crippen LogP contribution is 2.69. The number of phenols is 1. The lowest BCUT2D eigenvalue weighted by Gasteiger charge is -2.66. The number of hydrogen-bond acceptors (Lipinski definition) is 5. The van der Waals surface area contributed by atoms with E-state index in [4.69, 9.17) is 9.15 Å². The fourth-order valence-electron chi connectivity index (χ4n) is 8.12. The third-order valence-electron chi connectivity index (χ3n) is 10.1. The molecule has 1 N–H and O–H groups in total. The molecular formula is C29H34N2O4. The fraction of sp³-hybridized carbons (Fsp3) is 0.552. The van der Waals surface area contributed by atoms with Crippen LogP contribution in [0, 0.1) is 11.3 Å². The molecule has 1 aromatic heterocycles. The van der Waals surface area contributed by atoms with E-state index in [1.807, 2.05) is 24.1 Å². The molecule has 3 heterocycles. The Hall–Kier alpha value is -2.73. The maximum absolute atomic E-state index is 13.3. The van der Waals surface area contributed by atoms with Gasteiger partial charge in [0.2, 0.25) is 5.91 Å². The molecule has 6 heteroatoms. The minimum atomic E-state index is -0.175. The van der Waals surface area contributed by atoms with Gasteiger partial charge in [0.25, 0.3) is 0 Å². The third kappa shape index (κ3) is 2.89. The maximum Gasteiger partial charge on any atom is 0.246 e. The largest absolute Gasteiger partial charge is 0.504 e. The van der Waals surface area contributed by atoms with Crippen LogP contribution >= 0.6 is 0 Å². The monoisotopic (exact) mass is 474 g/mol. The highest BCUT2D eigenvalue weighted by Gasteiger charge is 2.71. The summed E-state index contributed by atoms with van der Waals surface area (Å²) in [4.78, 5) is 17.9. The first kappa shape index (κ1) is 21.5. The molecule has 6 nitrogen and oxygen atoms in total. The number of amides is 1. The standard InChI is InChI=1S/C29H34N2O4/c1-28-11-9-21(30(2)24(33)8-5-19-10-14-34-17-19)27-29(28)12-13-31(16-18-3-4-18)23(28)15-20-6-7-22(32)26(35-27)25(20)29/h5-8,10,14,17-18,21,23,27,32H,3-4,9,11-13,15-16H2,1-2H3/b8-5+/t21-,23-,27+,28+,29+/m1/s1. The van der Waals surface area contributed by atoms with Crippen LogP contribution in [0.5, 0.6) is 11.5 Å². The van der Waals surface area contributed by atoms with Crippen LogP contribution in [0.25, 0.3) is 6.08 Å². The molecule has 5 aliphatic rings. The van der Waals surface area contributed by atoms with Crippen molar-refractivity contribution < 1.29 is 19.1 Å². The number of hydrogen-bond donors (Lipinski definition) is 1. The van der Waals surface area contributed by atoms with Gasteiger partial charge in [-0.3, -0.25) is 9.69 Å². The first-order valence-electron chi connectivity index (χ1n) is 13.2. The lowest BCUT2D eigenvalue weighted by Crippen LogP contribution is -2.73. The number of phenolic OH excluding ortho intramolecular Hbond substituents is 1. The second kappa shape index (κ2) is 7.39. The van der Waals surface area contributed by atoms with Gasteiger partial charge in [-0.25, -0.2) is 0 Å². The van der Waals surface area contributed by atoms with Crippen LogP contribution in [-0.2, 0) is 16.6 Å². The molecule has 1 amide bonds. The van der Waals surface area contributed by atoms with Crippen molar-refractivity contribution in [2.45, 2.75) is 69.1 Å². The molecule has 184 valence electrons. The second-order valence-corrected chi connectivity index (χ2v) is 11.7. The van der Waals surface area contributed by atoms with Crippen LogP contribution in [0.15, 0.2) is 41.2 Å². The van der Waals surface area contributed by atoms with Gasteiger partial charge in [0.05, 0.1) is 18.6 Å². The Balaban J connectivity index is 1.28. The van der Waals surface area contributed by atoms with Crippen molar-refractivity contribution in [3.63, 3.8) is 0 Å². The third-order valence-corrected chi connectivity index (χ3v) is 10.1. The quantitative estimate of drug-likeness (QED) is 0.652. The number of likely N-dealkylation sites (N-methyl/N-ethyl adjacent to an activating group) is 1. The van der Waals surface area contributed by atoms with Crippen LogP contribution in [0.1, 0.15) is 55.7 Å². The van der Waals surface area contributed by atoms with E-state index in [9.17, 15) is 9.90 Å². The summed E-state index contributed by atoms with van der Waals surface area (Å²) in [6.45, 7) is 4.75. The van der Waals surface area contributed by atoms with E-state index in [0.717, 1.165) is 43.7 Å². The van der Waals surface area contributed by atoms with E-state index in [2.05, 4.69) is 17.9 Å². The van der Waals surface area contributed by atoms with Crippen LogP contribution in [0.2, 0.25) is 0 Å². The van der Waals surface area contributed by atoms with Crippen molar-refractivity contribution >= 4 is 12.0 Å². The molecule has 2 saturated carbocycles. The zero-order chi connectivity index (χ0) is 23.9. The average molecular weight is 475 g/mol. The number of carbonyl (C=O) groups excluding carboxylic acids is 1. The van der Waals surface area contributed by atoms with Gasteiger partial charge in [-0.1, -0.05) is 13.0 Å². The number of piperidine rings is 1. The number of aromatic hydroxyl groups is 1. The Labute approximate surface area is 206 Å². The molecule has 35 heavy (non-hydrogen) atoms. The number of benzene rings is 1. The number of ether oxygens (including phenoxy) is 1. The van der Waals surface area contributed by atoms with Crippen LogP contribution in [-0.4, -0.2) is 59.1 Å². The van der Waals surface area contributed by atoms with E-state index < -0.39 is 0 Å². The molecule has 3 aliphatic carbocycles. The topological polar surface area (TPSA) is 66.2 Å². The summed E-state index contributed by atoms with van der Waals surface area (Å²) in [6, 6.07) is 6.21. The van der Waals surface area contributed by atoms with Crippen molar-refractivity contribution in [3.05, 3.63) is 53.5 Å². The molecule has 7 rings (SSSR count). The highest BCUT2D eigenvalue weighted by molar-refractivity contribution is 5.91. The fourth-order valence-corrected chi connectivity index (χ4v) is 8.12. The van der Waals surface area contributed by atoms with Crippen molar-refractivity contribution in [2.24, 2.45) is 11.3 Å². The Morgan fingerprint density at radius 3 is 2.89 bits per heavy atom. The Morgan fingerprint density at radius 2 is 2.11 bits per heavy atom. The minimum Gasteiger partial charge on any atom is -0.504 e. The Kier molecular flexibility index (Phi) is 4.55. The van der Waals surface area contributed by atoms with Gasteiger partial charge in [-0.05, 0) is 80.2 Å². The molecule has 5 atom stereocenters. The van der Waals surface area contributed by atoms with Gasteiger partial charge in [0, 0.05) is 42.3 Å². The predicted octanol–water partition coefficient (Wildman–Crippen LogP) is 4.36. The molecule has 3 fully saturated rings. The normalized spacial score (nSPS) is 35.1. The smallest absolute Gasteiger partial charge is 0.246 e. The van der Waals surface area contributed by atoms with Crippen molar-refractivity contribution in [2.75, 3.05) is 20.1 Å². The molecular weight excluding hydrogens is 440 g/mol. The Bertz CT molecular complexity index is 1200. The number of nitrogens with zero attached hydrogens (tertiary/aromatic N) is 2. The van der Waals surface area contributed by atoms with E-state index >= 15 is 0 Å². The van der Waals surface area contributed by atoms with Gasteiger partial charge in [0.1, 0.15) is 6.10 Å². The molecule has 0 radical (unpaired) electrons. The van der Waals surface area contributed by atoms with Crippen molar-refractivity contribution in [1.29, 1.82) is 0 Å². The molecule has 1 aromatic carbocycles. The number of furan rings is 1. The zero-order valence-corrected chi connectivity index (χ0v) is 20.6. The summed E-state index contributed by atoms with van der Waals surface area (Å²) in [5, 5.41) is 10.9. The van der Waals surface area contributed by atoms with Crippen LogP contribution in [0.3, 0.4) is 0 Å². The van der Waals surface area contributed by atoms with Crippen molar-refractivity contribution in [3.8, 4) is 11.5 Å². The van der Waals surface area contributed by atoms with Crippen LogP contribution in [0.4, 0.5) is 0 Å². The lowest BCUT2D eigenvalue weighted by atomic mass is 9.43. The van der Waals surface area contributed by atoms with Gasteiger partial charge in [0.15, 0.2) is 11.5 Å². The van der Waals surface area contributed by atoms with Gasteiger partial charge >= 0.3 is 0 Å². The molecule has 2 bridgehead atoms. The summed E-state index contributed by atoms with van der Waals surface area (Å²) in [7, 11) is 1.90. The van der Waals surface area contributed by atoms with Crippen LogP contribution < -0.4 is 4.74 Å². The van der Waals surface area contributed by atoms with E-state index in [1.54, 1.807) is 24.7 Å². The van der Waals surface area contributed by atoms with Gasteiger partial charge in [-0.15, -0.1) is 0 Å². The summed E-state index contributed by atoms with van der Waals surface area (Å²) >= 11 is 0. The highest BCUT2D eigenvalue weighted by atomic mass is 16.5. The van der Waals surface area contributed by atoms with Crippen molar-refractivity contribution in [1.82, 2.24) is 9.80 Å². The molecule has 1 spiro atoms. The van der Waals surface area contributed by atoms with E-state index in [-0.39, 0.29) is 34.6 Å². The first-order valence-corrected chi connectivity index (χ1v) is 13.2. The number of likely N-dealkylation sites (tertiary alicyclic amines) is 1. The summed E-state index contributed by atoms with van der Waals surface area (Å²) in [5.41, 5.74) is 3.33. The zero-order valence-electron chi connectivity index (χ0n) is 20.6. The number of rotatable bonds is 5. The first-order chi connectivity index (χ1) is 16.9. The molecule has 2 aliphatic heterocycles. The molecule has 2 aromatic rings. The maximum atomic E-state index is 13.3. The average Bonchev–Trinajstić information content (AvgIpc) is 3.36. The van der Waals surface area contributed by atoms with E-state index in [0.29, 0.717) is 11.8 Å². The lowest BCUT2D eigenvalue weighted by molar-refractivity contribution is -0.150. The number of carbonyl (C=O) groups is 1. The molecule has 1 saturated heterocycles. The Morgan fingerprint density at radius 1 is 1.26 bits per heavy atom. The predicted molar refractivity (Wildman–Crippen MR) is 132 cm³/mol. The summed E-state index contributed by atoms with van der Waals surface area (Å²) in [5.74, 6) is 1.75. The second-order valence-electron chi connectivity index (χ2n) is 11.7.